The minimum atomic E-state index is -0.446. The molecule has 1 atom stereocenters. The average molecular weight is 252 g/mol. The van der Waals surface area contributed by atoms with Crippen molar-refractivity contribution in [1.29, 1.82) is 0 Å². The molecule has 3 nitrogen and oxygen atoms in total. The molecule has 1 aromatic heterocycles. The van der Waals surface area contributed by atoms with Crippen LogP contribution < -0.4 is 5.73 Å². The second-order valence-electron chi connectivity index (χ2n) is 2.31. The van der Waals surface area contributed by atoms with Crippen LogP contribution in [0.2, 0.25) is 5.02 Å². The third kappa shape index (κ3) is 2.17. The largest absolute Gasteiger partial charge is 0.394 e. The van der Waals surface area contributed by atoms with E-state index in [9.17, 15) is 0 Å². The van der Waals surface area contributed by atoms with E-state index in [1.807, 2.05) is 0 Å². The molecule has 12 heavy (non-hydrogen) atoms. The number of aliphatic hydroxyl groups excluding tert-OH is 1. The second kappa shape index (κ2) is 4.18. The van der Waals surface area contributed by atoms with Crippen LogP contribution >= 0.6 is 27.5 Å². The van der Waals surface area contributed by atoms with Crippen LogP contribution in [0.5, 0.6) is 0 Å². The van der Waals surface area contributed by atoms with Crippen molar-refractivity contribution in [2.45, 2.75) is 6.04 Å². The third-order valence-corrected chi connectivity index (χ3v) is 2.59. The van der Waals surface area contributed by atoms with Gasteiger partial charge in [-0.15, -0.1) is 0 Å². The lowest BCUT2D eigenvalue weighted by molar-refractivity contribution is 0.266. The highest BCUT2D eigenvalue weighted by atomic mass is 79.9. The van der Waals surface area contributed by atoms with E-state index in [2.05, 4.69) is 20.9 Å². The zero-order valence-corrected chi connectivity index (χ0v) is 8.51. The summed E-state index contributed by atoms with van der Waals surface area (Å²) in [6, 6.07) is 1.25. The number of nitrogens with zero attached hydrogens (tertiary/aromatic N) is 1. The lowest BCUT2D eigenvalue weighted by atomic mass is 10.2. The van der Waals surface area contributed by atoms with E-state index in [1.54, 1.807) is 6.07 Å². The number of hydrogen-bond donors (Lipinski definition) is 2. The molecule has 5 heteroatoms. The van der Waals surface area contributed by atoms with Crippen LogP contribution in [0, 0.1) is 0 Å². The molecular formula is C7H8BrClN2O. The Morgan fingerprint density at radius 3 is 2.92 bits per heavy atom. The van der Waals surface area contributed by atoms with Crippen LogP contribution in [0.15, 0.2) is 16.7 Å². The fraction of sp³-hybridized carbons (Fsp3) is 0.286. The van der Waals surface area contributed by atoms with Gasteiger partial charge in [-0.1, -0.05) is 11.6 Å². The summed E-state index contributed by atoms with van der Waals surface area (Å²) in [6.07, 6.45) is 1.50. The van der Waals surface area contributed by atoms with E-state index in [-0.39, 0.29) is 6.61 Å². The van der Waals surface area contributed by atoms with Crippen LogP contribution in [0.4, 0.5) is 0 Å². The van der Waals surface area contributed by atoms with Crippen molar-refractivity contribution >= 4 is 27.5 Å². The molecule has 0 radical (unpaired) electrons. The van der Waals surface area contributed by atoms with Gasteiger partial charge in [0, 0.05) is 10.7 Å². The molecule has 1 rings (SSSR count). The molecule has 1 aromatic rings. The first-order valence-corrected chi connectivity index (χ1v) is 4.49. The number of rotatable bonds is 2. The lowest BCUT2D eigenvalue weighted by Gasteiger charge is -2.07. The zero-order valence-electron chi connectivity index (χ0n) is 6.17. The summed E-state index contributed by atoms with van der Waals surface area (Å²) in [6.45, 7) is -0.124. The van der Waals surface area contributed by atoms with E-state index in [1.165, 1.54) is 6.20 Å². The highest BCUT2D eigenvalue weighted by molar-refractivity contribution is 9.10. The van der Waals surface area contributed by atoms with Gasteiger partial charge in [-0.25, -0.2) is 0 Å². The topological polar surface area (TPSA) is 59.1 Å². The molecule has 3 N–H and O–H groups in total. The Morgan fingerprint density at radius 1 is 1.75 bits per heavy atom. The first kappa shape index (κ1) is 9.92. The lowest BCUT2D eigenvalue weighted by Crippen LogP contribution is -2.15. The predicted molar refractivity (Wildman–Crippen MR) is 51.0 cm³/mol. The quantitative estimate of drug-likeness (QED) is 0.837. The van der Waals surface area contributed by atoms with Crippen LogP contribution in [0.25, 0.3) is 0 Å². The van der Waals surface area contributed by atoms with Gasteiger partial charge in [0.2, 0.25) is 0 Å². The molecule has 0 aliphatic heterocycles. The summed E-state index contributed by atoms with van der Waals surface area (Å²) >= 11 is 8.95. The maximum absolute atomic E-state index is 8.74. The molecule has 0 spiro atoms. The Labute approximate surface area is 83.7 Å². The number of nitrogens with two attached hydrogens (primary N) is 1. The molecule has 0 aliphatic rings. The predicted octanol–water partition coefficient (Wildman–Crippen LogP) is 1.49. The maximum Gasteiger partial charge on any atom is 0.0731 e. The molecule has 0 amide bonds. The Bertz CT molecular complexity index is 282. The molecule has 0 fully saturated rings. The second-order valence-corrected chi connectivity index (χ2v) is 3.57. The summed E-state index contributed by atoms with van der Waals surface area (Å²) in [4.78, 5) is 3.96. The first-order valence-electron chi connectivity index (χ1n) is 3.32. The molecule has 0 aliphatic carbocycles. The van der Waals surface area contributed by atoms with Crippen LogP contribution in [0.1, 0.15) is 11.7 Å². The molecule has 0 aromatic carbocycles. The summed E-state index contributed by atoms with van der Waals surface area (Å²) in [7, 11) is 0. The van der Waals surface area contributed by atoms with Crippen molar-refractivity contribution in [3.63, 3.8) is 0 Å². The van der Waals surface area contributed by atoms with Crippen LogP contribution in [-0.2, 0) is 0 Å². The number of aromatic nitrogens is 1. The van der Waals surface area contributed by atoms with Gasteiger partial charge in [0.1, 0.15) is 0 Å². The SMILES string of the molecule is N[C@H](CO)c1cc(Br)c(Cl)cn1. The van der Waals surface area contributed by atoms with Crippen molar-refractivity contribution in [3.05, 3.63) is 27.5 Å². The average Bonchev–Trinajstić information content (AvgIpc) is 2.08. The van der Waals surface area contributed by atoms with E-state index in [4.69, 9.17) is 22.4 Å². The van der Waals surface area contributed by atoms with Gasteiger partial charge in [0.15, 0.2) is 0 Å². The van der Waals surface area contributed by atoms with E-state index >= 15 is 0 Å². The summed E-state index contributed by atoms with van der Waals surface area (Å²) in [5.41, 5.74) is 6.16. The van der Waals surface area contributed by atoms with E-state index in [0.29, 0.717) is 10.7 Å². The molecule has 0 saturated carbocycles. The highest BCUT2D eigenvalue weighted by Gasteiger charge is 2.07. The maximum atomic E-state index is 8.74. The van der Waals surface area contributed by atoms with Crippen molar-refractivity contribution in [1.82, 2.24) is 4.98 Å². The minimum Gasteiger partial charge on any atom is -0.394 e. The van der Waals surface area contributed by atoms with Crippen molar-refractivity contribution in [2.75, 3.05) is 6.61 Å². The van der Waals surface area contributed by atoms with Crippen molar-refractivity contribution in [2.24, 2.45) is 5.73 Å². The van der Waals surface area contributed by atoms with Gasteiger partial charge in [0.05, 0.1) is 23.4 Å². The molecule has 66 valence electrons. The molecule has 0 bridgehead atoms. The number of hydrogen-bond acceptors (Lipinski definition) is 3. The molecule has 0 saturated heterocycles. The Hall–Kier alpha value is -0.160. The fourth-order valence-corrected chi connectivity index (χ4v) is 1.17. The Balaban J connectivity index is 2.96. The number of halogens is 2. The van der Waals surface area contributed by atoms with Gasteiger partial charge in [-0.3, -0.25) is 4.98 Å². The van der Waals surface area contributed by atoms with E-state index in [0.717, 1.165) is 4.47 Å². The van der Waals surface area contributed by atoms with Gasteiger partial charge >= 0.3 is 0 Å². The Kier molecular flexibility index (Phi) is 3.46. The summed E-state index contributed by atoms with van der Waals surface area (Å²) in [5.74, 6) is 0. The third-order valence-electron chi connectivity index (χ3n) is 1.41. The van der Waals surface area contributed by atoms with Crippen molar-refractivity contribution in [3.8, 4) is 0 Å². The smallest absolute Gasteiger partial charge is 0.0731 e. The van der Waals surface area contributed by atoms with Gasteiger partial charge in [-0.2, -0.15) is 0 Å². The minimum absolute atomic E-state index is 0.124. The van der Waals surface area contributed by atoms with Gasteiger partial charge in [0.25, 0.3) is 0 Å². The Morgan fingerprint density at radius 2 is 2.42 bits per heavy atom. The standard InChI is InChI=1S/C7H8BrClN2O/c8-4-1-7(6(10)3-12)11-2-5(4)9/h1-2,6,12H,3,10H2/t6-/m1/s1. The van der Waals surface area contributed by atoms with Gasteiger partial charge < -0.3 is 10.8 Å². The highest BCUT2D eigenvalue weighted by Crippen LogP contribution is 2.23. The molecular weight excluding hydrogens is 243 g/mol. The van der Waals surface area contributed by atoms with Crippen LogP contribution in [0.3, 0.4) is 0 Å². The van der Waals surface area contributed by atoms with E-state index < -0.39 is 6.04 Å². The summed E-state index contributed by atoms with van der Waals surface area (Å²) in [5, 5.41) is 9.27. The van der Waals surface area contributed by atoms with Crippen molar-refractivity contribution < 1.29 is 5.11 Å². The molecule has 1 heterocycles. The fourth-order valence-electron chi connectivity index (χ4n) is 0.725. The van der Waals surface area contributed by atoms with Crippen LogP contribution in [-0.4, -0.2) is 16.7 Å². The zero-order chi connectivity index (χ0) is 9.14. The number of aliphatic hydroxyl groups is 1. The first-order chi connectivity index (χ1) is 5.65. The normalized spacial score (nSPS) is 13.0. The summed E-state index contributed by atoms with van der Waals surface area (Å²) < 4.78 is 0.734. The number of pyridine rings is 1. The monoisotopic (exact) mass is 250 g/mol. The van der Waals surface area contributed by atoms with Gasteiger partial charge in [-0.05, 0) is 22.0 Å². The molecule has 0 unspecified atom stereocenters.